The summed E-state index contributed by atoms with van der Waals surface area (Å²) in [4.78, 5) is 23.8. The van der Waals surface area contributed by atoms with Crippen LogP contribution in [0.1, 0.15) is 11.3 Å². The number of aromatic nitrogens is 4. The molecule has 0 amide bonds. The molecule has 0 unspecified atom stereocenters. The third-order valence-corrected chi connectivity index (χ3v) is 4.21. The standard InChI is InChI=1S/C19H15FN4O/c1-12-4-3-7-21-16(12)11-24-17-9-14(10-22-18(17)23-19(24)25)13-5-2-6-15(20)8-13/h2-10H,11H2,1H3,(H,22,23,25). The quantitative estimate of drug-likeness (QED) is 0.625. The number of pyridine rings is 2. The van der Waals surface area contributed by atoms with Crippen LogP contribution in [0.3, 0.4) is 0 Å². The SMILES string of the molecule is Cc1cccnc1Cn1c(=O)[nH]c2ncc(-c3cccc(F)c3)cc21. The number of imidazole rings is 1. The molecule has 3 aromatic heterocycles. The van der Waals surface area contributed by atoms with Crippen molar-refractivity contribution < 1.29 is 4.39 Å². The van der Waals surface area contributed by atoms with Crippen molar-refractivity contribution in [2.45, 2.75) is 13.5 Å². The molecule has 4 rings (SSSR count). The minimum atomic E-state index is -0.312. The van der Waals surface area contributed by atoms with Crippen LogP contribution in [-0.4, -0.2) is 19.5 Å². The summed E-state index contributed by atoms with van der Waals surface area (Å²) in [5, 5.41) is 0. The zero-order valence-electron chi connectivity index (χ0n) is 13.5. The molecular weight excluding hydrogens is 319 g/mol. The summed E-state index contributed by atoms with van der Waals surface area (Å²) >= 11 is 0. The van der Waals surface area contributed by atoms with Crippen molar-refractivity contribution in [3.05, 3.63) is 82.4 Å². The van der Waals surface area contributed by atoms with Gasteiger partial charge >= 0.3 is 5.69 Å². The van der Waals surface area contributed by atoms with Crippen LogP contribution in [0.25, 0.3) is 22.3 Å². The summed E-state index contributed by atoms with van der Waals surface area (Å²) < 4.78 is 15.1. The first-order valence-corrected chi connectivity index (χ1v) is 7.87. The fourth-order valence-corrected chi connectivity index (χ4v) is 2.85. The van der Waals surface area contributed by atoms with E-state index in [1.165, 1.54) is 12.1 Å². The molecule has 0 spiro atoms. The smallest absolute Gasteiger partial charge is 0.290 e. The second-order valence-electron chi connectivity index (χ2n) is 5.89. The Morgan fingerprint density at radius 1 is 1.12 bits per heavy atom. The van der Waals surface area contributed by atoms with E-state index in [4.69, 9.17) is 0 Å². The Morgan fingerprint density at radius 2 is 2.00 bits per heavy atom. The number of rotatable bonds is 3. The number of aryl methyl sites for hydroxylation is 1. The van der Waals surface area contributed by atoms with Crippen molar-refractivity contribution in [1.29, 1.82) is 0 Å². The lowest BCUT2D eigenvalue weighted by atomic mass is 10.1. The van der Waals surface area contributed by atoms with E-state index in [9.17, 15) is 9.18 Å². The zero-order chi connectivity index (χ0) is 17.4. The first kappa shape index (κ1) is 15.3. The number of halogens is 1. The van der Waals surface area contributed by atoms with Crippen molar-refractivity contribution in [3.8, 4) is 11.1 Å². The third-order valence-electron chi connectivity index (χ3n) is 4.21. The molecule has 4 aromatic rings. The third kappa shape index (κ3) is 2.82. The number of nitrogens with zero attached hydrogens (tertiary/aromatic N) is 3. The largest absolute Gasteiger partial charge is 0.328 e. The monoisotopic (exact) mass is 334 g/mol. The van der Waals surface area contributed by atoms with Crippen molar-refractivity contribution in [3.63, 3.8) is 0 Å². The Bertz CT molecular complexity index is 1130. The minimum Gasteiger partial charge on any atom is -0.290 e. The highest BCUT2D eigenvalue weighted by Crippen LogP contribution is 2.22. The fraction of sp³-hybridized carbons (Fsp3) is 0.105. The van der Waals surface area contributed by atoms with E-state index in [1.807, 2.05) is 31.2 Å². The van der Waals surface area contributed by atoms with Crippen molar-refractivity contribution >= 4 is 11.2 Å². The summed E-state index contributed by atoms with van der Waals surface area (Å²) in [5.41, 5.74) is 4.21. The maximum atomic E-state index is 13.5. The molecule has 25 heavy (non-hydrogen) atoms. The second kappa shape index (κ2) is 5.98. The van der Waals surface area contributed by atoms with Crippen LogP contribution in [0, 0.1) is 12.7 Å². The van der Waals surface area contributed by atoms with E-state index in [-0.39, 0.29) is 11.5 Å². The number of aromatic amines is 1. The predicted molar refractivity (Wildman–Crippen MR) is 93.8 cm³/mol. The number of benzene rings is 1. The molecule has 0 aliphatic carbocycles. The van der Waals surface area contributed by atoms with Gasteiger partial charge in [0.25, 0.3) is 0 Å². The minimum absolute atomic E-state index is 0.246. The number of nitrogens with one attached hydrogen (secondary N) is 1. The second-order valence-corrected chi connectivity index (χ2v) is 5.89. The molecule has 0 aliphatic rings. The van der Waals surface area contributed by atoms with Crippen LogP contribution in [0.2, 0.25) is 0 Å². The van der Waals surface area contributed by atoms with Gasteiger partial charge in [-0.3, -0.25) is 14.5 Å². The molecule has 0 fully saturated rings. The van der Waals surface area contributed by atoms with Gasteiger partial charge < -0.3 is 0 Å². The molecule has 1 aromatic carbocycles. The highest BCUT2D eigenvalue weighted by atomic mass is 19.1. The summed E-state index contributed by atoms with van der Waals surface area (Å²) in [6.07, 6.45) is 3.34. The zero-order valence-corrected chi connectivity index (χ0v) is 13.5. The molecule has 0 saturated carbocycles. The normalized spacial score (nSPS) is 11.1. The van der Waals surface area contributed by atoms with Crippen LogP contribution in [0.15, 0.2) is 59.7 Å². The highest BCUT2D eigenvalue weighted by molar-refractivity contribution is 5.78. The number of H-pyrrole nitrogens is 1. The first-order valence-electron chi connectivity index (χ1n) is 7.87. The molecule has 124 valence electrons. The first-order chi connectivity index (χ1) is 12.1. The van der Waals surface area contributed by atoms with E-state index < -0.39 is 0 Å². The van der Waals surface area contributed by atoms with Gasteiger partial charge in [0.2, 0.25) is 0 Å². The van der Waals surface area contributed by atoms with Crippen LogP contribution in [0.5, 0.6) is 0 Å². The maximum absolute atomic E-state index is 13.5. The van der Waals surface area contributed by atoms with Gasteiger partial charge in [-0.1, -0.05) is 18.2 Å². The van der Waals surface area contributed by atoms with Crippen molar-refractivity contribution in [2.24, 2.45) is 0 Å². The molecule has 0 bridgehead atoms. The van der Waals surface area contributed by atoms with Crippen molar-refractivity contribution in [1.82, 2.24) is 19.5 Å². The van der Waals surface area contributed by atoms with Gasteiger partial charge in [0.1, 0.15) is 5.82 Å². The Morgan fingerprint density at radius 3 is 2.80 bits per heavy atom. The fourth-order valence-electron chi connectivity index (χ4n) is 2.85. The van der Waals surface area contributed by atoms with Gasteiger partial charge in [-0.25, -0.2) is 14.2 Å². The molecule has 6 heteroatoms. The summed E-state index contributed by atoms with van der Waals surface area (Å²) in [6, 6.07) is 12.0. The molecular formula is C19H15FN4O. The number of hydrogen-bond acceptors (Lipinski definition) is 3. The Hall–Kier alpha value is -3.28. The molecule has 5 nitrogen and oxygen atoms in total. The molecule has 1 N–H and O–H groups in total. The average molecular weight is 334 g/mol. The Balaban J connectivity index is 1.84. The lowest BCUT2D eigenvalue weighted by Gasteiger charge is -2.07. The molecule has 0 aliphatic heterocycles. The molecule has 0 radical (unpaired) electrons. The van der Waals surface area contributed by atoms with Gasteiger partial charge in [-0.2, -0.15) is 0 Å². The number of fused-ring (bicyclic) bond motifs is 1. The van der Waals surface area contributed by atoms with E-state index in [1.54, 1.807) is 23.0 Å². The maximum Gasteiger partial charge on any atom is 0.328 e. The van der Waals surface area contributed by atoms with Gasteiger partial charge in [0.15, 0.2) is 5.65 Å². The van der Waals surface area contributed by atoms with E-state index in [0.29, 0.717) is 23.3 Å². The highest BCUT2D eigenvalue weighted by Gasteiger charge is 2.12. The van der Waals surface area contributed by atoms with Gasteiger partial charge in [-0.15, -0.1) is 0 Å². The molecule has 0 saturated heterocycles. The summed E-state index contributed by atoms with van der Waals surface area (Å²) in [5.74, 6) is -0.312. The van der Waals surface area contributed by atoms with Crippen molar-refractivity contribution in [2.75, 3.05) is 0 Å². The van der Waals surface area contributed by atoms with Crippen LogP contribution in [0.4, 0.5) is 4.39 Å². The summed E-state index contributed by atoms with van der Waals surface area (Å²) in [6.45, 7) is 2.30. The van der Waals surface area contributed by atoms with E-state index in [0.717, 1.165) is 16.8 Å². The Kier molecular flexibility index (Phi) is 3.65. The summed E-state index contributed by atoms with van der Waals surface area (Å²) in [7, 11) is 0. The molecule has 3 heterocycles. The Labute approximate surface area is 142 Å². The number of hydrogen-bond donors (Lipinski definition) is 1. The average Bonchev–Trinajstić information content (AvgIpc) is 2.92. The lowest BCUT2D eigenvalue weighted by Crippen LogP contribution is -2.18. The van der Waals surface area contributed by atoms with Crippen LogP contribution < -0.4 is 5.69 Å². The van der Waals surface area contributed by atoms with Crippen LogP contribution in [-0.2, 0) is 6.54 Å². The van der Waals surface area contributed by atoms with Gasteiger partial charge in [-0.05, 0) is 42.3 Å². The van der Waals surface area contributed by atoms with Gasteiger partial charge in [0.05, 0.1) is 17.8 Å². The van der Waals surface area contributed by atoms with E-state index in [2.05, 4.69) is 15.0 Å². The van der Waals surface area contributed by atoms with E-state index >= 15 is 0 Å². The van der Waals surface area contributed by atoms with Crippen LogP contribution >= 0.6 is 0 Å². The lowest BCUT2D eigenvalue weighted by molar-refractivity contribution is 0.628. The predicted octanol–water partition coefficient (Wildman–Crippen LogP) is 3.28. The topological polar surface area (TPSA) is 63.6 Å². The molecule has 0 atom stereocenters. The van der Waals surface area contributed by atoms with Gasteiger partial charge in [0, 0.05) is 18.0 Å².